The van der Waals surface area contributed by atoms with Crippen LogP contribution in [0.1, 0.15) is 22.3 Å². The molecule has 21 heavy (non-hydrogen) atoms. The van der Waals surface area contributed by atoms with Crippen LogP contribution in [0.4, 0.5) is 0 Å². The van der Waals surface area contributed by atoms with Crippen molar-refractivity contribution in [1.29, 1.82) is 0 Å². The number of nitrogens with one attached hydrogen (secondary N) is 1. The summed E-state index contributed by atoms with van der Waals surface area (Å²) in [6.07, 6.45) is 1.81. The molecule has 0 unspecified atom stereocenters. The number of aromatic hydroxyl groups is 1. The molecule has 0 aromatic heterocycles. The molecule has 2 N–H and O–H groups in total. The van der Waals surface area contributed by atoms with Crippen LogP contribution in [0.25, 0.3) is 0 Å². The van der Waals surface area contributed by atoms with Crippen LogP contribution in [-0.2, 0) is 11.2 Å². The molecule has 1 amide bonds. The quantitative estimate of drug-likeness (QED) is 0.669. The number of aryl methyl sites for hydroxylation is 2. The fourth-order valence-corrected chi connectivity index (χ4v) is 2.04. The lowest BCUT2D eigenvalue weighted by Crippen LogP contribution is -2.19. The summed E-state index contributed by atoms with van der Waals surface area (Å²) in [6, 6.07) is 12.7. The number of amides is 1. The molecule has 0 saturated carbocycles. The lowest BCUT2D eigenvalue weighted by molar-refractivity contribution is -0.120. The second-order valence-electron chi connectivity index (χ2n) is 5.00. The van der Waals surface area contributed by atoms with Gasteiger partial charge >= 0.3 is 0 Å². The lowest BCUT2D eigenvalue weighted by Gasteiger charge is -2.03. The number of hydrogen-bond acceptors (Lipinski definition) is 3. The highest BCUT2D eigenvalue weighted by Crippen LogP contribution is 2.11. The minimum absolute atomic E-state index is 0.152. The zero-order valence-corrected chi connectivity index (χ0v) is 12.1. The number of carbonyl (C=O) groups is 1. The van der Waals surface area contributed by atoms with E-state index >= 15 is 0 Å². The summed E-state index contributed by atoms with van der Waals surface area (Å²) >= 11 is 0. The van der Waals surface area contributed by atoms with E-state index in [2.05, 4.69) is 16.6 Å². The molecular formula is C17H18N2O2. The topological polar surface area (TPSA) is 61.7 Å². The Labute approximate surface area is 124 Å². The second kappa shape index (κ2) is 6.70. The van der Waals surface area contributed by atoms with Crippen molar-refractivity contribution in [3.05, 3.63) is 64.7 Å². The fraction of sp³-hybridized carbons (Fsp3) is 0.176. The van der Waals surface area contributed by atoms with Crippen molar-refractivity contribution in [2.24, 2.45) is 5.10 Å². The maximum Gasteiger partial charge on any atom is 0.244 e. The summed E-state index contributed by atoms with van der Waals surface area (Å²) in [5.41, 5.74) is 6.51. The molecule has 0 saturated heterocycles. The number of benzene rings is 2. The third-order valence-corrected chi connectivity index (χ3v) is 3.09. The number of hydrogen-bond donors (Lipinski definition) is 2. The Balaban J connectivity index is 1.93. The summed E-state index contributed by atoms with van der Waals surface area (Å²) in [4.78, 5) is 11.7. The van der Waals surface area contributed by atoms with Crippen molar-refractivity contribution in [3.63, 3.8) is 0 Å². The van der Waals surface area contributed by atoms with Gasteiger partial charge in [0.2, 0.25) is 5.91 Å². The molecule has 0 fully saturated rings. The Hall–Kier alpha value is -2.62. The van der Waals surface area contributed by atoms with Crippen LogP contribution in [0.3, 0.4) is 0 Å². The summed E-state index contributed by atoms with van der Waals surface area (Å²) in [6.45, 7) is 4.04. The van der Waals surface area contributed by atoms with Gasteiger partial charge in [0.1, 0.15) is 5.75 Å². The van der Waals surface area contributed by atoms with Crippen LogP contribution in [0.2, 0.25) is 0 Å². The number of nitrogens with zero attached hydrogens (tertiary/aromatic N) is 1. The van der Waals surface area contributed by atoms with Gasteiger partial charge in [0.25, 0.3) is 0 Å². The molecule has 108 valence electrons. The first kappa shape index (κ1) is 14.8. The van der Waals surface area contributed by atoms with Gasteiger partial charge in [-0.2, -0.15) is 5.10 Å². The first-order valence-corrected chi connectivity index (χ1v) is 6.71. The molecule has 0 aliphatic rings. The smallest absolute Gasteiger partial charge is 0.244 e. The Kier molecular flexibility index (Phi) is 4.72. The number of rotatable bonds is 4. The summed E-state index contributed by atoms with van der Waals surface area (Å²) in [7, 11) is 0. The van der Waals surface area contributed by atoms with E-state index in [1.54, 1.807) is 30.5 Å². The normalized spacial score (nSPS) is 10.8. The SMILES string of the molecule is Cc1ccc(C=NNC(=O)Cc2cccc(O)c2)c(C)c1. The van der Waals surface area contributed by atoms with Crippen LogP contribution >= 0.6 is 0 Å². The monoisotopic (exact) mass is 282 g/mol. The zero-order chi connectivity index (χ0) is 15.2. The molecule has 0 atom stereocenters. The number of carbonyl (C=O) groups excluding carboxylic acids is 1. The average Bonchev–Trinajstić information content (AvgIpc) is 2.41. The molecule has 0 aliphatic heterocycles. The maximum absolute atomic E-state index is 11.7. The van der Waals surface area contributed by atoms with Gasteiger partial charge < -0.3 is 5.11 Å². The van der Waals surface area contributed by atoms with Crippen molar-refractivity contribution in [2.75, 3.05) is 0 Å². The molecule has 2 aromatic carbocycles. The summed E-state index contributed by atoms with van der Waals surface area (Å²) < 4.78 is 0. The van der Waals surface area contributed by atoms with Crippen molar-refractivity contribution in [1.82, 2.24) is 5.43 Å². The molecule has 0 spiro atoms. The largest absolute Gasteiger partial charge is 0.508 e. The minimum atomic E-state index is -0.221. The third-order valence-electron chi connectivity index (χ3n) is 3.09. The Morgan fingerprint density at radius 2 is 2.05 bits per heavy atom. The van der Waals surface area contributed by atoms with Gasteiger partial charge in [-0.15, -0.1) is 0 Å². The van der Waals surface area contributed by atoms with Crippen molar-refractivity contribution >= 4 is 12.1 Å². The molecule has 4 heteroatoms. The highest BCUT2D eigenvalue weighted by molar-refractivity contribution is 5.84. The van der Waals surface area contributed by atoms with Gasteiger partial charge in [0.15, 0.2) is 0 Å². The maximum atomic E-state index is 11.7. The van der Waals surface area contributed by atoms with E-state index in [0.717, 1.165) is 16.7 Å². The van der Waals surface area contributed by atoms with E-state index in [4.69, 9.17) is 0 Å². The highest BCUT2D eigenvalue weighted by Gasteiger charge is 2.02. The highest BCUT2D eigenvalue weighted by atomic mass is 16.3. The lowest BCUT2D eigenvalue weighted by atomic mass is 10.1. The fourth-order valence-electron chi connectivity index (χ4n) is 2.04. The van der Waals surface area contributed by atoms with Gasteiger partial charge in [0.05, 0.1) is 12.6 Å². The number of phenols is 1. The predicted molar refractivity (Wildman–Crippen MR) is 83.5 cm³/mol. The van der Waals surface area contributed by atoms with Crippen LogP contribution in [-0.4, -0.2) is 17.2 Å². The Morgan fingerprint density at radius 1 is 1.24 bits per heavy atom. The van der Waals surface area contributed by atoms with Gasteiger partial charge in [-0.25, -0.2) is 5.43 Å². The van der Waals surface area contributed by atoms with Crippen molar-refractivity contribution < 1.29 is 9.90 Å². The van der Waals surface area contributed by atoms with E-state index in [0.29, 0.717) is 0 Å². The minimum Gasteiger partial charge on any atom is -0.508 e. The van der Waals surface area contributed by atoms with Gasteiger partial charge in [0, 0.05) is 0 Å². The van der Waals surface area contributed by atoms with Gasteiger partial charge in [-0.3, -0.25) is 4.79 Å². The summed E-state index contributed by atoms with van der Waals surface area (Å²) in [5.74, 6) is -0.0688. The summed E-state index contributed by atoms with van der Waals surface area (Å²) in [5, 5.41) is 13.3. The standard InChI is InChI=1S/C17H18N2O2/c1-12-6-7-15(13(2)8-12)11-18-19-17(21)10-14-4-3-5-16(20)9-14/h3-9,11,20H,10H2,1-2H3,(H,19,21). The molecule has 0 heterocycles. The van der Waals surface area contributed by atoms with Crippen LogP contribution in [0.15, 0.2) is 47.6 Å². The molecule has 0 bridgehead atoms. The third kappa shape index (κ3) is 4.45. The molecule has 4 nitrogen and oxygen atoms in total. The first-order chi connectivity index (χ1) is 10.0. The first-order valence-electron chi connectivity index (χ1n) is 6.71. The van der Waals surface area contributed by atoms with Crippen molar-refractivity contribution in [3.8, 4) is 5.75 Å². The number of hydrazone groups is 1. The molecule has 0 aliphatic carbocycles. The Bertz CT molecular complexity index is 678. The molecule has 0 radical (unpaired) electrons. The van der Waals surface area contributed by atoms with Crippen LogP contribution < -0.4 is 5.43 Å². The average molecular weight is 282 g/mol. The van der Waals surface area contributed by atoms with E-state index in [-0.39, 0.29) is 18.1 Å². The molecular weight excluding hydrogens is 264 g/mol. The van der Waals surface area contributed by atoms with Crippen molar-refractivity contribution in [2.45, 2.75) is 20.3 Å². The van der Waals surface area contributed by atoms with Crippen LogP contribution in [0, 0.1) is 13.8 Å². The van der Waals surface area contributed by atoms with E-state index in [1.807, 2.05) is 26.0 Å². The van der Waals surface area contributed by atoms with Gasteiger partial charge in [-0.05, 0) is 42.7 Å². The van der Waals surface area contributed by atoms with E-state index in [1.165, 1.54) is 5.56 Å². The van der Waals surface area contributed by atoms with Gasteiger partial charge in [-0.1, -0.05) is 35.9 Å². The Morgan fingerprint density at radius 3 is 2.76 bits per heavy atom. The van der Waals surface area contributed by atoms with Crippen LogP contribution in [0.5, 0.6) is 5.75 Å². The second-order valence-corrected chi connectivity index (χ2v) is 5.00. The predicted octanol–water partition coefficient (Wildman–Crippen LogP) is 2.70. The number of phenolic OH excluding ortho intramolecular Hbond substituents is 1. The molecule has 2 aromatic rings. The molecule has 2 rings (SSSR count). The zero-order valence-electron chi connectivity index (χ0n) is 12.1. The van der Waals surface area contributed by atoms with E-state index in [9.17, 15) is 9.90 Å². The van der Waals surface area contributed by atoms with E-state index < -0.39 is 0 Å².